The molecule has 1 aliphatic rings. The van der Waals surface area contributed by atoms with Crippen LogP contribution in [0.5, 0.6) is 11.5 Å². The van der Waals surface area contributed by atoms with Gasteiger partial charge in [-0.2, -0.15) is 0 Å². The van der Waals surface area contributed by atoms with E-state index in [4.69, 9.17) is 13.9 Å². The van der Waals surface area contributed by atoms with Crippen LogP contribution in [0.3, 0.4) is 0 Å². The summed E-state index contributed by atoms with van der Waals surface area (Å²) in [4.78, 5) is 11.9. The standard InChI is InChI=1S/C18H22N2O4/c1-12-3-5-15(24-12)13(2)20-18(21)19-8-7-14-4-6-16-17(11-14)23-10-9-22-16/h3-6,11,13H,7-10H2,1-2H3,(H2,19,20,21)/t13-/m0/s1. The van der Waals surface area contributed by atoms with Gasteiger partial charge in [0.1, 0.15) is 24.7 Å². The highest BCUT2D eigenvalue weighted by Crippen LogP contribution is 2.30. The van der Waals surface area contributed by atoms with Gasteiger partial charge in [0.05, 0.1) is 6.04 Å². The number of carbonyl (C=O) groups excluding carboxylic acids is 1. The summed E-state index contributed by atoms with van der Waals surface area (Å²) in [6, 6.07) is 9.22. The summed E-state index contributed by atoms with van der Waals surface area (Å²) in [5.41, 5.74) is 1.09. The molecule has 24 heavy (non-hydrogen) atoms. The molecule has 0 bridgehead atoms. The number of benzene rings is 1. The third kappa shape index (κ3) is 4.01. The van der Waals surface area contributed by atoms with Crippen LogP contribution >= 0.6 is 0 Å². The molecule has 0 saturated heterocycles. The van der Waals surface area contributed by atoms with Crippen molar-refractivity contribution in [2.75, 3.05) is 19.8 Å². The number of furan rings is 1. The molecule has 1 aromatic heterocycles. The summed E-state index contributed by atoms with van der Waals surface area (Å²) in [6.45, 7) is 5.46. The zero-order chi connectivity index (χ0) is 16.9. The fourth-order valence-electron chi connectivity index (χ4n) is 2.57. The molecule has 1 aromatic carbocycles. The number of carbonyl (C=O) groups is 1. The molecule has 1 atom stereocenters. The molecule has 0 fully saturated rings. The second kappa shape index (κ2) is 7.29. The van der Waals surface area contributed by atoms with Gasteiger partial charge in [0.25, 0.3) is 0 Å². The molecule has 128 valence electrons. The van der Waals surface area contributed by atoms with Gasteiger partial charge in [0, 0.05) is 6.54 Å². The number of nitrogens with one attached hydrogen (secondary N) is 2. The van der Waals surface area contributed by atoms with Crippen molar-refractivity contribution in [1.82, 2.24) is 10.6 Å². The number of rotatable bonds is 5. The van der Waals surface area contributed by atoms with E-state index in [-0.39, 0.29) is 12.1 Å². The van der Waals surface area contributed by atoms with E-state index in [2.05, 4.69) is 10.6 Å². The van der Waals surface area contributed by atoms with Crippen LogP contribution in [-0.4, -0.2) is 25.8 Å². The number of aryl methyl sites for hydroxylation is 1. The van der Waals surface area contributed by atoms with E-state index >= 15 is 0 Å². The molecule has 0 aliphatic carbocycles. The Morgan fingerprint density at radius 2 is 1.96 bits per heavy atom. The lowest BCUT2D eigenvalue weighted by Crippen LogP contribution is -2.37. The van der Waals surface area contributed by atoms with Gasteiger partial charge < -0.3 is 24.5 Å². The molecule has 6 heteroatoms. The van der Waals surface area contributed by atoms with Crippen LogP contribution < -0.4 is 20.1 Å². The molecule has 6 nitrogen and oxygen atoms in total. The fraction of sp³-hybridized carbons (Fsp3) is 0.389. The predicted molar refractivity (Wildman–Crippen MR) is 89.5 cm³/mol. The molecule has 0 saturated carbocycles. The third-order valence-electron chi connectivity index (χ3n) is 3.84. The van der Waals surface area contributed by atoms with Crippen molar-refractivity contribution in [2.24, 2.45) is 0 Å². The molecule has 3 rings (SSSR count). The van der Waals surface area contributed by atoms with Crippen molar-refractivity contribution in [2.45, 2.75) is 26.3 Å². The number of urea groups is 1. The third-order valence-corrected chi connectivity index (χ3v) is 3.84. The quantitative estimate of drug-likeness (QED) is 0.884. The molecule has 2 aromatic rings. The average Bonchev–Trinajstić information content (AvgIpc) is 3.01. The van der Waals surface area contributed by atoms with E-state index < -0.39 is 0 Å². The van der Waals surface area contributed by atoms with Gasteiger partial charge in [-0.05, 0) is 50.1 Å². The summed E-state index contributed by atoms with van der Waals surface area (Å²) in [6.07, 6.45) is 0.721. The number of ether oxygens (including phenoxy) is 2. The van der Waals surface area contributed by atoms with Crippen LogP contribution in [-0.2, 0) is 6.42 Å². The van der Waals surface area contributed by atoms with E-state index in [1.54, 1.807) is 0 Å². The monoisotopic (exact) mass is 330 g/mol. The van der Waals surface area contributed by atoms with Crippen LogP contribution in [0, 0.1) is 6.92 Å². The van der Waals surface area contributed by atoms with Crippen LogP contribution in [0.15, 0.2) is 34.7 Å². The van der Waals surface area contributed by atoms with Crippen molar-refractivity contribution in [3.05, 3.63) is 47.4 Å². The first-order valence-corrected chi connectivity index (χ1v) is 8.11. The molecule has 2 heterocycles. The zero-order valence-corrected chi connectivity index (χ0v) is 13.9. The van der Waals surface area contributed by atoms with E-state index in [1.165, 1.54) is 0 Å². The molecule has 2 amide bonds. The Morgan fingerprint density at radius 1 is 1.17 bits per heavy atom. The van der Waals surface area contributed by atoms with Crippen molar-refractivity contribution in [3.63, 3.8) is 0 Å². The first-order chi connectivity index (χ1) is 11.6. The molecule has 0 spiro atoms. The number of hydrogen-bond acceptors (Lipinski definition) is 4. The van der Waals surface area contributed by atoms with E-state index in [1.807, 2.05) is 44.2 Å². The second-order valence-corrected chi connectivity index (χ2v) is 5.80. The summed E-state index contributed by atoms with van der Waals surface area (Å²) in [5.74, 6) is 3.12. The lowest BCUT2D eigenvalue weighted by Gasteiger charge is -2.19. The number of amides is 2. The Labute approximate surface area is 141 Å². The second-order valence-electron chi connectivity index (χ2n) is 5.80. The van der Waals surface area contributed by atoms with Gasteiger partial charge in [0.15, 0.2) is 11.5 Å². The maximum atomic E-state index is 11.9. The van der Waals surface area contributed by atoms with Gasteiger partial charge in [-0.25, -0.2) is 4.79 Å². The first kappa shape index (κ1) is 16.2. The van der Waals surface area contributed by atoms with Gasteiger partial charge in [-0.3, -0.25) is 0 Å². The summed E-state index contributed by atoms with van der Waals surface area (Å²) >= 11 is 0. The summed E-state index contributed by atoms with van der Waals surface area (Å²) < 4.78 is 16.6. The highest BCUT2D eigenvalue weighted by molar-refractivity contribution is 5.74. The molecular formula is C18H22N2O4. The highest BCUT2D eigenvalue weighted by Gasteiger charge is 2.13. The Kier molecular flexibility index (Phi) is 4.93. The minimum absolute atomic E-state index is 0.173. The Balaban J connectivity index is 1.45. The lowest BCUT2D eigenvalue weighted by molar-refractivity contribution is 0.171. The Morgan fingerprint density at radius 3 is 2.71 bits per heavy atom. The van der Waals surface area contributed by atoms with Crippen molar-refractivity contribution < 1.29 is 18.7 Å². The highest BCUT2D eigenvalue weighted by atomic mass is 16.6. The van der Waals surface area contributed by atoms with Gasteiger partial charge in [0.2, 0.25) is 0 Å². The summed E-state index contributed by atoms with van der Waals surface area (Å²) in [5, 5.41) is 5.71. The molecule has 1 aliphatic heterocycles. The average molecular weight is 330 g/mol. The van der Waals surface area contributed by atoms with Gasteiger partial charge in [-0.1, -0.05) is 6.07 Å². The van der Waals surface area contributed by atoms with E-state index in [0.29, 0.717) is 19.8 Å². The van der Waals surface area contributed by atoms with Crippen molar-refractivity contribution in [3.8, 4) is 11.5 Å². The minimum atomic E-state index is -0.214. The number of fused-ring (bicyclic) bond motifs is 1. The molecular weight excluding hydrogens is 308 g/mol. The maximum Gasteiger partial charge on any atom is 0.315 e. The normalized spacial score (nSPS) is 14.1. The number of hydrogen-bond donors (Lipinski definition) is 2. The van der Waals surface area contributed by atoms with E-state index in [9.17, 15) is 4.79 Å². The van der Waals surface area contributed by atoms with Crippen molar-refractivity contribution >= 4 is 6.03 Å². The zero-order valence-electron chi connectivity index (χ0n) is 13.9. The smallest absolute Gasteiger partial charge is 0.315 e. The lowest BCUT2D eigenvalue weighted by atomic mass is 10.1. The first-order valence-electron chi connectivity index (χ1n) is 8.11. The fourth-order valence-corrected chi connectivity index (χ4v) is 2.57. The molecule has 0 radical (unpaired) electrons. The van der Waals surface area contributed by atoms with Gasteiger partial charge >= 0.3 is 6.03 Å². The molecule has 0 unspecified atom stereocenters. The topological polar surface area (TPSA) is 72.7 Å². The SMILES string of the molecule is Cc1ccc([C@H](C)NC(=O)NCCc2ccc3c(c2)OCCO3)o1. The Hall–Kier alpha value is -2.63. The Bertz CT molecular complexity index is 711. The van der Waals surface area contributed by atoms with E-state index in [0.717, 1.165) is 35.0 Å². The minimum Gasteiger partial charge on any atom is -0.486 e. The van der Waals surface area contributed by atoms with Crippen LogP contribution in [0.2, 0.25) is 0 Å². The summed E-state index contributed by atoms with van der Waals surface area (Å²) in [7, 11) is 0. The maximum absolute atomic E-state index is 11.9. The van der Waals surface area contributed by atoms with Crippen LogP contribution in [0.1, 0.15) is 30.0 Å². The van der Waals surface area contributed by atoms with Crippen LogP contribution in [0.25, 0.3) is 0 Å². The van der Waals surface area contributed by atoms with Crippen molar-refractivity contribution in [1.29, 1.82) is 0 Å². The van der Waals surface area contributed by atoms with Crippen LogP contribution in [0.4, 0.5) is 4.79 Å². The molecule has 2 N–H and O–H groups in total. The largest absolute Gasteiger partial charge is 0.486 e. The predicted octanol–water partition coefficient (Wildman–Crippen LogP) is 2.96. The van der Waals surface area contributed by atoms with Gasteiger partial charge in [-0.15, -0.1) is 0 Å².